The number of hydrogen-bond acceptors (Lipinski definition) is 3. The molecule has 2 unspecified atom stereocenters. The van der Waals surface area contributed by atoms with Gasteiger partial charge in [0.25, 0.3) is 0 Å². The van der Waals surface area contributed by atoms with Crippen LogP contribution >= 0.6 is 27.5 Å². The Balaban J connectivity index is 1.91. The molecule has 2 aliphatic rings. The van der Waals surface area contributed by atoms with Gasteiger partial charge in [0.05, 0.1) is 5.02 Å². The van der Waals surface area contributed by atoms with Gasteiger partial charge >= 0.3 is 0 Å². The van der Waals surface area contributed by atoms with Gasteiger partial charge in [-0.05, 0) is 44.5 Å². The highest BCUT2D eigenvalue weighted by Crippen LogP contribution is 2.33. The summed E-state index contributed by atoms with van der Waals surface area (Å²) in [6, 6.07) is 5.76. The van der Waals surface area contributed by atoms with Crippen LogP contribution in [-0.4, -0.2) is 49.8 Å². The lowest BCUT2D eigenvalue weighted by Gasteiger charge is -2.25. The Kier molecular flexibility index (Phi) is 4.36. The normalized spacial score (nSPS) is 27.8. The van der Waals surface area contributed by atoms with Crippen molar-refractivity contribution in [3.8, 4) is 0 Å². The minimum atomic E-state index is -3.52. The molecule has 3 rings (SSSR count). The fourth-order valence-corrected chi connectivity index (χ4v) is 5.82. The van der Waals surface area contributed by atoms with E-state index < -0.39 is 10.0 Å². The molecule has 0 N–H and O–H groups in total. The molecule has 0 aromatic heterocycles. The summed E-state index contributed by atoms with van der Waals surface area (Å²) >= 11 is 9.44. The van der Waals surface area contributed by atoms with E-state index >= 15 is 0 Å². The largest absolute Gasteiger partial charge is 0.299 e. The Bertz CT molecular complexity index is 652. The average molecular weight is 394 g/mol. The Morgan fingerprint density at radius 3 is 2.67 bits per heavy atom. The molecule has 4 nitrogen and oxygen atoms in total. The van der Waals surface area contributed by atoms with Crippen LogP contribution in [0.15, 0.2) is 27.6 Å². The lowest BCUT2D eigenvalue weighted by Crippen LogP contribution is -2.39. The molecule has 0 spiro atoms. The third kappa shape index (κ3) is 2.88. The first-order valence-electron chi connectivity index (χ1n) is 7.07. The van der Waals surface area contributed by atoms with Gasteiger partial charge in [-0.15, -0.1) is 0 Å². The van der Waals surface area contributed by atoms with Gasteiger partial charge in [0, 0.05) is 29.6 Å². The lowest BCUT2D eigenvalue weighted by molar-refractivity contribution is 0.246. The van der Waals surface area contributed by atoms with Crippen LogP contribution in [0.5, 0.6) is 0 Å². The highest BCUT2D eigenvalue weighted by atomic mass is 79.9. The van der Waals surface area contributed by atoms with E-state index in [1.807, 2.05) is 0 Å². The minimum Gasteiger partial charge on any atom is -0.299 e. The summed E-state index contributed by atoms with van der Waals surface area (Å²) in [6.07, 6.45) is 3.13. The third-order valence-corrected chi connectivity index (χ3v) is 7.46. The van der Waals surface area contributed by atoms with Gasteiger partial charge < -0.3 is 0 Å². The molecular formula is C14H18BrClN2O2S. The molecule has 116 valence electrons. The summed E-state index contributed by atoms with van der Waals surface area (Å²) in [5, 5.41) is 0.270. The van der Waals surface area contributed by atoms with E-state index in [0.717, 1.165) is 17.3 Å². The van der Waals surface area contributed by atoms with Crippen LogP contribution < -0.4 is 0 Å². The monoisotopic (exact) mass is 392 g/mol. The Hall–Kier alpha value is -0.140. The second-order valence-electron chi connectivity index (χ2n) is 5.78. The maximum Gasteiger partial charge on any atom is 0.244 e. The molecule has 2 aliphatic heterocycles. The first-order chi connectivity index (χ1) is 9.89. The molecule has 2 heterocycles. The summed E-state index contributed by atoms with van der Waals surface area (Å²) in [5.41, 5.74) is 0. The molecule has 21 heavy (non-hydrogen) atoms. The van der Waals surface area contributed by atoms with Crippen LogP contribution in [0.2, 0.25) is 5.02 Å². The van der Waals surface area contributed by atoms with E-state index in [1.54, 1.807) is 22.5 Å². The SMILES string of the molecule is CN1C2CCC1CN(S(=O)(=O)c1ccc(Br)cc1Cl)CC2. The maximum absolute atomic E-state index is 12.9. The van der Waals surface area contributed by atoms with Crippen LogP contribution in [0.25, 0.3) is 0 Å². The number of likely N-dealkylation sites (N-methyl/N-ethyl adjacent to an activating group) is 1. The van der Waals surface area contributed by atoms with Crippen molar-refractivity contribution in [2.75, 3.05) is 20.1 Å². The lowest BCUT2D eigenvalue weighted by atomic mass is 10.1. The fraction of sp³-hybridized carbons (Fsp3) is 0.571. The summed E-state index contributed by atoms with van der Waals surface area (Å²) in [7, 11) is -1.42. The Labute approximate surface area is 139 Å². The number of sulfonamides is 1. The van der Waals surface area contributed by atoms with E-state index in [4.69, 9.17) is 11.6 Å². The first kappa shape index (κ1) is 15.7. The van der Waals surface area contributed by atoms with Crippen molar-refractivity contribution in [3.63, 3.8) is 0 Å². The summed E-state index contributed by atoms with van der Waals surface area (Å²) in [6.45, 7) is 1.13. The first-order valence-corrected chi connectivity index (χ1v) is 9.68. The van der Waals surface area contributed by atoms with Gasteiger partial charge in [-0.1, -0.05) is 27.5 Å². The van der Waals surface area contributed by atoms with Crippen molar-refractivity contribution in [2.45, 2.75) is 36.2 Å². The molecule has 1 aromatic carbocycles. The Morgan fingerprint density at radius 2 is 1.95 bits per heavy atom. The van der Waals surface area contributed by atoms with Crippen molar-refractivity contribution < 1.29 is 8.42 Å². The van der Waals surface area contributed by atoms with Crippen LogP contribution in [0.4, 0.5) is 0 Å². The number of hydrogen-bond donors (Lipinski definition) is 0. The van der Waals surface area contributed by atoms with Gasteiger partial charge in [0.1, 0.15) is 4.90 Å². The molecule has 0 aliphatic carbocycles. The molecule has 2 saturated heterocycles. The van der Waals surface area contributed by atoms with Gasteiger partial charge in [-0.25, -0.2) is 8.42 Å². The molecule has 0 amide bonds. The molecule has 0 radical (unpaired) electrons. The van der Waals surface area contributed by atoms with E-state index in [-0.39, 0.29) is 9.92 Å². The Morgan fingerprint density at radius 1 is 1.24 bits per heavy atom. The highest BCUT2D eigenvalue weighted by molar-refractivity contribution is 9.10. The summed E-state index contributed by atoms with van der Waals surface area (Å²) in [4.78, 5) is 2.53. The van der Waals surface area contributed by atoms with Gasteiger partial charge in [0.2, 0.25) is 10.0 Å². The summed E-state index contributed by atoms with van der Waals surface area (Å²) in [5.74, 6) is 0. The zero-order chi connectivity index (χ0) is 15.2. The second-order valence-corrected chi connectivity index (χ2v) is 9.01. The molecule has 7 heteroatoms. The fourth-order valence-electron chi connectivity index (χ4n) is 3.32. The van der Waals surface area contributed by atoms with E-state index in [1.165, 1.54) is 6.42 Å². The van der Waals surface area contributed by atoms with Gasteiger partial charge in [0.15, 0.2) is 0 Å². The predicted molar refractivity (Wildman–Crippen MR) is 87.1 cm³/mol. The average Bonchev–Trinajstić information content (AvgIpc) is 2.61. The van der Waals surface area contributed by atoms with Crippen LogP contribution in [0.1, 0.15) is 19.3 Å². The van der Waals surface area contributed by atoms with Crippen LogP contribution in [0.3, 0.4) is 0 Å². The molecule has 2 bridgehead atoms. The number of rotatable bonds is 2. The van der Waals surface area contributed by atoms with Gasteiger partial charge in [-0.2, -0.15) is 4.31 Å². The topological polar surface area (TPSA) is 40.6 Å². The second kappa shape index (κ2) is 5.81. The highest BCUT2D eigenvalue weighted by Gasteiger charge is 2.39. The molecule has 2 atom stereocenters. The van der Waals surface area contributed by atoms with E-state index in [9.17, 15) is 8.42 Å². The van der Waals surface area contributed by atoms with Crippen molar-refractivity contribution in [2.24, 2.45) is 0 Å². The third-order valence-electron chi connectivity index (χ3n) is 4.62. The van der Waals surface area contributed by atoms with Crippen molar-refractivity contribution in [1.82, 2.24) is 9.21 Å². The smallest absolute Gasteiger partial charge is 0.244 e. The number of fused-ring (bicyclic) bond motifs is 2. The standard InChI is InChI=1S/C14H18BrClN2O2S/c1-17-11-3-4-12(17)9-18(7-6-11)21(19,20)14-5-2-10(15)8-13(14)16/h2,5,8,11-12H,3-4,6-7,9H2,1H3. The summed E-state index contributed by atoms with van der Waals surface area (Å²) < 4.78 is 28.1. The molecular weight excluding hydrogens is 376 g/mol. The number of nitrogens with zero attached hydrogens (tertiary/aromatic N) is 2. The maximum atomic E-state index is 12.9. The van der Waals surface area contributed by atoms with Crippen LogP contribution in [0, 0.1) is 0 Å². The number of benzene rings is 1. The quantitative estimate of drug-likeness (QED) is 0.775. The van der Waals surface area contributed by atoms with Crippen LogP contribution in [-0.2, 0) is 10.0 Å². The zero-order valence-electron chi connectivity index (χ0n) is 11.8. The molecule has 0 saturated carbocycles. The molecule has 2 fully saturated rings. The zero-order valence-corrected chi connectivity index (χ0v) is 15.0. The van der Waals surface area contributed by atoms with E-state index in [2.05, 4.69) is 27.9 Å². The van der Waals surface area contributed by atoms with Crippen molar-refractivity contribution in [1.29, 1.82) is 0 Å². The number of halogens is 2. The van der Waals surface area contributed by atoms with Crippen molar-refractivity contribution >= 4 is 37.6 Å². The minimum absolute atomic E-state index is 0.202. The predicted octanol–water partition coefficient (Wildman–Crippen LogP) is 2.96. The van der Waals surface area contributed by atoms with Gasteiger partial charge in [-0.3, -0.25) is 4.90 Å². The van der Waals surface area contributed by atoms with E-state index in [0.29, 0.717) is 25.2 Å². The molecule has 1 aromatic rings. The van der Waals surface area contributed by atoms with Crippen molar-refractivity contribution in [3.05, 3.63) is 27.7 Å².